The number of carbonyl (C=O) groups excluding carboxylic acids is 1. The van der Waals surface area contributed by atoms with Crippen LogP contribution in [0.25, 0.3) is 10.9 Å². The average Bonchev–Trinajstić information content (AvgIpc) is 2.57. The second-order valence-corrected chi connectivity index (χ2v) is 7.26. The van der Waals surface area contributed by atoms with Gasteiger partial charge in [0.15, 0.2) is 0 Å². The number of aromatic nitrogens is 2. The summed E-state index contributed by atoms with van der Waals surface area (Å²) in [6, 6.07) is 5.33. The van der Waals surface area contributed by atoms with Gasteiger partial charge in [-0.3, -0.25) is 14.2 Å². The molecular formula is C17H21BrN4O2. The van der Waals surface area contributed by atoms with Crippen molar-refractivity contribution < 1.29 is 4.79 Å². The van der Waals surface area contributed by atoms with E-state index < -0.39 is 0 Å². The van der Waals surface area contributed by atoms with E-state index in [1.807, 2.05) is 17.9 Å². The number of benzene rings is 1. The van der Waals surface area contributed by atoms with Crippen LogP contribution in [0.5, 0.6) is 0 Å². The van der Waals surface area contributed by atoms with Crippen LogP contribution in [-0.2, 0) is 11.3 Å². The fourth-order valence-electron chi connectivity index (χ4n) is 3.29. The Bertz CT molecular complexity index is 818. The molecule has 0 aliphatic carbocycles. The molecule has 1 saturated heterocycles. The van der Waals surface area contributed by atoms with Crippen LogP contribution in [-0.4, -0.2) is 39.0 Å². The topological polar surface area (TPSA) is 81.2 Å². The molecule has 2 N–H and O–H groups in total. The smallest absolute Gasteiger partial charge is 0.261 e. The van der Waals surface area contributed by atoms with E-state index in [1.54, 1.807) is 12.1 Å². The molecule has 128 valence electrons. The molecule has 1 fully saturated rings. The van der Waals surface area contributed by atoms with Crippen molar-refractivity contribution in [2.75, 3.05) is 6.54 Å². The lowest BCUT2D eigenvalue weighted by molar-refractivity contribution is -0.136. The Labute approximate surface area is 148 Å². The first kappa shape index (κ1) is 17.1. The number of likely N-dealkylation sites (tertiary alicyclic amines) is 1. The number of fused-ring (bicyclic) bond motifs is 1. The largest absolute Gasteiger partial charge is 0.337 e. The van der Waals surface area contributed by atoms with E-state index in [0.717, 1.165) is 23.7 Å². The molecule has 2 atom stereocenters. The molecule has 2 aromatic rings. The summed E-state index contributed by atoms with van der Waals surface area (Å²) in [5.41, 5.74) is 6.45. The third-order valence-electron chi connectivity index (χ3n) is 4.57. The SMILES string of the molecule is CC(N)C1CCCCN1C(=O)Cn1cnc2ccc(Br)cc2c1=O. The van der Waals surface area contributed by atoms with Gasteiger partial charge in [-0.1, -0.05) is 15.9 Å². The van der Waals surface area contributed by atoms with E-state index in [9.17, 15) is 9.59 Å². The van der Waals surface area contributed by atoms with Crippen LogP contribution >= 0.6 is 15.9 Å². The molecule has 1 aliphatic rings. The number of nitrogens with zero attached hydrogens (tertiary/aromatic N) is 3. The molecule has 3 rings (SSSR count). The molecular weight excluding hydrogens is 372 g/mol. The van der Waals surface area contributed by atoms with Crippen LogP contribution in [0.1, 0.15) is 26.2 Å². The van der Waals surface area contributed by atoms with Gasteiger partial charge in [-0.25, -0.2) is 4.98 Å². The van der Waals surface area contributed by atoms with Gasteiger partial charge < -0.3 is 10.6 Å². The minimum absolute atomic E-state index is 0.00247. The maximum Gasteiger partial charge on any atom is 0.261 e. The van der Waals surface area contributed by atoms with Crippen molar-refractivity contribution in [2.24, 2.45) is 5.73 Å². The van der Waals surface area contributed by atoms with Crippen molar-refractivity contribution in [3.05, 3.63) is 39.4 Å². The lowest BCUT2D eigenvalue weighted by Gasteiger charge is -2.38. The summed E-state index contributed by atoms with van der Waals surface area (Å²) >= 11 is 3.36. The first-order valence-electron chi connectivity index (χ1n) is 8.17. The van der Waals surface area contributed by atoms with Gasteiger partial charge in [0, 0.05) is 23.1 Å². The van der Waals surface area contributed by atoms with Crippen LogP contribution in [0.3, 0.4) is 0 Å². The molecule has 0 spiro atoms. The van der Waals surface area contributed by atoms with Gasteiger partial charge in [-0.15, -0.1) is 0 Å². The summed E-state index contributed by atoms with van der Waals surface area (Å²) in [5, 5.41) is 0.502. The molecule has 2 unspecified atom stereocenters. The fraction of sp³-hybridized carbons (Fsp3) is 0.471. The minimum Gasteiger partial charge on any atom is -0.337 e. The Morgan fingerprint density at radius 1 is 1.46 bits per heavy atom. The second kappa shape index (κ2) is 7.03. The third kappa shape index (κ3) is 3.37. The summed E-state index contributed by atoms with van der Waals surface area (Å²) in [4.78, 5) is 31.4. The molecule has 0 radical (unpaired) electrons. The Kier molecular flexibility index (Phi) is 5.01. The lowest BCUT2D eigenvalue weighted by atomic mass is 9.97. The fourth-order valence-corrected chi connectivity index (χ4v) is 3.66. The van der Waals surface area contributed by atoms with Crippen molar-refractivity contribution in [1.82, 2.24) is 14.5 Å². The number of hydrogen-bond donors (Lipinski definition) is 1. The summed E-state index contributed by atoms with van der Waals surface area (Å²) in [7, 11) is 0. The summed E-state index contributed by atoms with van der Waals surface area (Å²) in [6.45, 7) is 2.63. The zero-order chi connectivity index (χ0) is 17.3. The highest BCUT2D eigenvalue weighted by atomic mass is 79.9. The average molecular weight is 393 g/mol. The van der Waals surface area contributed by atoms with Crippen molar-refractivity contribution >= 4 is 32.7 Å². The van der Waals surface area contributed by atoms with Crippen LogP contribution in [0.15, 0.2) is 33.8 Å². The van der Waals surface area contributed by atoms with E-state index in [0.29, 0.717) is 17.4 Å². The third-order valence-corrected chi connectivity index (χ3v) is 5.06. The Balaban J connectivity index is 1.87. The Hall–Kier alpha value is -1.73. The number of amides is 1. The van der Waals surface area contributed by atoms with Crippen molar-refractivity contribution in [3.8, 4) is 0 Å². The summed E-state index contributed by atoms with van der Waals surface area (Å²) in [5.74, 6) is -0.0738. The molecule has 7 heteroatoms. The predicted molar refractivity (Wildman–Crippen MR) is 96.7 cm³/mol. The number of rotatable bonds is 3. The minimum atomic E-state index is -0.205. The number of piperidine rings is 1. The zero-order valence-corrected chi connectivity index (χ0v) is 15.2. The molecule has 24 heavy (non-hydrogen) atoms. The molecule has 1 aromatic carbocycles. The maximum absolute atomic E-state index is 12.7. The second-order valence-electron chi connectivity index (χ2n) is 6.35. The van der Waals surface area contributed by atoms with Crippen LogP contribution in [0.2, 0.25) is 0 Å². The van der Waals surface area contributed by atoms with E-state index >= 15 is 0 Å². The lowest BCUT2D eigenvalue weighted by Crippen LogP contribution is -2.52. The van der Waals surface area contributed by atoms with E-state index in [1.165, 1.54) is 10.9 Å². The van der Waals surface area contributed by atoms with Gasteiger partial charge in [0.25, 0.3) is 5.56 Å². The quantitative estimate of drug-likeness (QED) is 0.864. The van der Waals surface area contributed by atoms with Gasteiger partial charge in [0.05, 0.1) is 17.2 Å². The highest BCUT2D eigenvalue weighted by molar-refractivity contribution is 9.10. The highest BCUT2D eigenvalue weighted by Crippen LogP contribution is 2.20. The van der Waals surface area contributed by atoms with Gasteiger partial charge in [0.1, 0.15) is 6.54 Å². The van der Waals surface area contributed by atoms with E-state index in [4.69, 9.17) is 5.73 Å². The van der Waals surface area contributed by atoms with Crippen LogP contribution in [0, 0.1) is 0 Å². The summed E-state index contributed by atoms with van der Waals surface area (Å²) < 4.78 is 2.19. The number of hydrogen-bond acceptors (Lipinski definition) is 4. The normalized spacial score (nSPS) is 19.5. The van der Waals surface area contributed by atoms with Crippen molar-refractivity contribution in [2.45, 2.75) is 44.8 Å². The molecule has 0 saturated carbocycles. The predicted octanol–water partition coefficient (Wildman–Crippen LogP) is 1.89. The number of carbonyl (C=O) groups is 1. The van der Waals surface area contributed by atoms with Crippen LogP contribution in [0.4, 0.5) is 0 Å². The molecule has 1 amide bonds. The zero-order valence-electron chi connectivity index (χ0n) is 13.6. The highest BCUT2D eigenvalue weighted by Gasteiger charge is 2.29. The van der Waals surface area contributed by atoms with Crippen molar-refractivity contribution in [1.29, 1.82) is 0 Å². The maximum atomic E-state index is 12.7. The van der Waals surface area contributed by atoms with Crippen molar-refractivity contribution in [3.63, 3.8) is 0 Å². The van der Waals surface area contributed by atoms with Crippen LogP contribution < -0.4 is 11.3 Å². The molecule has 0 bridgehead atoms. The molecule has 1 aliphatic heterocycles. The Morgan fingerprint density at radius 2 is 2.25 bits per heavy atom. The van der Waals surface area contributed by atoms with Gasteiger partial charge >= 0.3 is 0 Å². The van der Waals surface area contributed by atoms with Gasteiger partial charge in [0.2, 0.25) is 5.91 Å². The summed E-state index contributed by atoms with van der Waals surface area (Å²) in [6.07, 6.45) is 4.43. The molecule has 1 aromatic heterocycles. The van der Waals surface area contributed by atoms with E-state index in [2.05, 4.69) is 20.9 Å². The Morgan fingerprint density at radius 3 is 3.00 bits per heavy atom. The number of halogens is 1. The standard InChI is InChI=1S/C17H21BrN4O2/c1-11(19)15-4-2-3-7-22(15)16(23)9-21-10-20-14-6-5-12(18)8-13(14)17(21)24/h5-6,8,10-11,15H,2-4,7,9,19H2,1H3. The van der Waals surface area contributed by atoms with E-state index in [-0.39, 0.29) is 30.1 Å². The van der Waals surface area contributed by atoms with Gasteiger partial charge in [-0.05, 0) is 44.4 Å². The monoisotopic (exact) mass is 392 g/mol. The molecule has 2 heterocycles. The van der Waals surface area contributed by atoms with Gasteiger partial charge in [-0.2, -0.15) is 0 Å². The first-order chi connectivity index (χ1) is 11.5. The first-order valence-corrected chi connectivity index (χ1v) is 8.96. The molecule has 6 nitrogen and oxygen atoms in total. The number of nitrogens with two attached hydrogens (primary N) is 1.